The number of carbonyl (C=O) groups excluding carboxylic acids is 2. The van der Waals surface area contributed by atoms with Gasteiger partial charge in [0.2, 0.25) is 0 Å². The molecule has 4 rings (SSSR count). The van der Waals surface area contributed by atoms with Crippen molar-refractivity contribution in [3.63, 3.8) is 0 Å². The Balaban J connectivity index is 1.69. The van der Waals surface area contributed by atoms with E-state index in [1.807, 2.05) is 6.92 Å². The predicted molar refractivity (Wildman–Crippen MR) is 121 cm³/mol. The highest BCUT2D eigenvalue weighted by Crippen LogP contribution is 2.25. The molecule has 8 heteroatoms. The van der Waals surface area contributed by atoms with E-state index < -0.39 is 11.8 Å². The van der Waals surface area contributed by atoms with E-state index in [0.717, 1.165) is 5.69 Å². The van der Waals surface area contributed by atoms with Crippen LogP contribution in [0.3, 0.4) is 0 Å². The molecule has 1 saturated heterocycles. The summed E-state index contributed by atoms with van der Waals surface area (Å²) < 4.78 is 7.24. The highest BCUT2D eigenvalue weighted by atomic mass is 32.1. The molecule has 0 bridgehead atoms. The second-order valence-electron chi connectivity index (χ2n) is 6.70. The van der Waals surface area contributed by atoms with E-state index in [1.165, 1.54) is 11.0 Å². The van der Waals surface area contributed by atoms with Crippen LogP contribution in [0.25, 0.3) is 11.8 Å². The molecular weight excluding hydrogens is 414 g/mol. The van der Waals surface area contributed by atoms with Gasteiger partial charge in [-0.2, -0.15) is 0 Å². The van der Waals surface area contributed by atoms with Crippen LogP contribution < -0.4 is 15.0 Å². The molecular formula is C23H19N3O4S. The maximum Gasteiger partial charge on any atom is 0.270 e. The van der Waals surface area contributed by atoms with Gasteiger partial charge in [-0.1, -0.05) is 0 Å². The summed E-state index contributed by atoms with van der Waals surface area (Å²) in [5.41, 5.74) is 1.89. The van der Waals surface area contributed by atoms with Gasteiger partial charge in [0.1, 0.15) is 17.1 Å². The second-order valence-corrected chi connectivity index (χ2v) is 7.09. The molecule has 0 saturated carbocycles. The van der Waals surface area contributed by atoms with Crippen LogP contribution in [0.2, 0.25) is 0 Å². The number of ether oxygens (including phenoxy) is 1. The first-order chi connectivity index (χ1) is 15.0. The maximum atomic E-state index is 13.2. The third-order valence-corrected chi connectivity index (χ3v) is 4.99. The number of phenols is 1. The number of aromatic nitrogens is 1. The zero-order valence-corrected chi connectivity index (χ0v) is 17.4. The molecule has 1 fully saturated rings. The average Bonchev–Trinajstić information content (AvgIpc) is 3.21. The molecule has 0 spiro atoms. The quantitative estimate of drug-likeness (QED) is 0.366. The molecule has 0 unspecified atom stereocenters. The van der Waals surface area contributed by atoms with E-state index in [0.29, 0.717) is 23.7 Å². The van der Waals surface area contributed by atoms with Gasteiger partial charge in [-0.05, 0) is 85.9 Å². The van der Waals surface area contributed by atoms with Gasteiger partial charge in [0, 0.05) is 17.6 Å². The number of amides is 2. The normalized spacial score (nSPS) is 15.3. The van der Waals surface area contributed by atoms with Gasteiger partial charge in [0.05, 0.1) is 12.3 Å². The Morgan fingerprint density at radius 1 is 1.03 bits per heavy atom. The molecule has 7 nitrogen and oxygen atoms in total. The lowest BCUT2D eigenvalue weighted by Crippen LogP contribution is -2.54. The summed E-state index contributed by atoms with van der Waals surface area (Å²) in [5.74, 6) is -0.252. The average molecular weight is 433 g/mol. The summed E-state index contributed by atoms with van der Waals surface area (Å²) in [6.07, 6.45) is 3.33. The third kappa shape index (κ3) is 4.06. The van der Waals surface area contributed by atoms with E-state index in [1.54, 1.807) is 71.4 Å². The van der Waals surface area contributed by atoms with Crippen molar-refractivity contribution in [3.8, 4) is 17.2 Å². The summed E-state index contributed by atoms with van der Waals surface area (Å²) in [6.45, 7) is 2.42. The van der Waals surface area contributed by atoms with Crippen LogP contribution in [0.5, 0.6) is 11.5 Å². The number of aromatic hydroxyl groups is 1. The number of anilines is 1. The number of benzene rings is 2. The van der Waals surface area contributed by atoms with Gasteiger partial charge >= 0.3 is 0 Å². The first-order valence-electron chi connectivity index (χ1n) is 9.59. The van der Waals surface area contributed by atoms with Crippen molar-refractivity contribution in [2.24, 2.45) is 0 Å². The zero-order chi connectivity index (χ0) is 22.0. The van der Waals surface area contributed by atoms with Crippen molar-refractivity contribution in [1.29, 1.82) is 0 Å². The van der Waals surface area contributed by atoms with Crippen molar-refractivity contribution in [2.45, 2.75) is 6.92 Å². The van der Waals surface area contributed by atoms with Crippen LogP contribution in [0, 0.1) is 0 Å². The van der Waals surface area contributed by atoms with Crippen LogP contribution in [-0.4, -0.2) is 33.2 Å². The van der Waals surface area contributed by atoms with Gasteiger partial charge < -0.3 is 14.4 Å². The lowest BCUT2D eigenvalue weighted by molar-refractivity contribution is -0.122. The summed E-state index contributed by atoms with van der Waals surface area (Å²) >= 11 is 5.25. The highest BCUT2D eigenvalue weighted by Gasteiger charge is 2.34. The van der Waals surface area contributed by atoms with Crippen molar-refractivity contribution >= 4 is 40.9 Å². The molecule has 2 amide bonds. The molecule has 0 atom stereocenters. The fourth-order valence-electron chi connectivity index (χ4n) is 3.26. The lowest BCUT2D eigenvalue weighted by Gasteiger charge is -2.29. The third-order valence-electron chi connectivity index (χ3n) is 4.71. The first kappa shape index (κ1) is 20.4. The molecule has 2 N–H and O–H groups in total. The Morgan fingerprint density at radius 3 is 2.39 bits per heavy atom. The Labute approximate surface area is 184 Å². The number of nitrogens with zero attached hydrogens (tertiary/aromatic N) is 2. The Morgan fingerprint density at radius 2 is 1.71 bits per heavy atom. The molecule has 31 heavy (non-hydrogen) atoms. The van der Waals surface area contributed by atoms with E-state index in [4.69, 9.17) is 17.0 Å². The minimum Gasteiger partial charge on any atom is -0.508 e. The summed E-state index contributed by atoms with van der Waals surface area (Å²) in [6, 6.07) is 17.1. The van der Waals surface area contributed by atoms with Gasteiger partial charge in [-0.25, -0.2) is 0 Å². The van der Waals surface area contributed by atoms with Crippen LogP contribution in [0.1, 0.15) is 12.6 Å². The zero-order valence-electron chi connectivity index (χ0n) is 16.6. The van der Waals surface area contributed by atoms with Gasteiger partial charge in [-0.3, -0.25) is 19.8 Å². The lowest BCUT2D eigenvalue weighted by atomic mass is 10.1. The number of rotatable bonds is 5. The van der Waals surface area contributed by atoms with E-state index in [2.05, 4.69) is 5.32 Å². The minimum absolute atomic E-state index is 0.0187. The molecule has 1 aromatic heterocycles. The van der Waals surface area contributed by atoms with Crippen molar-refractivity contribution in [3.05, 3.63) is 78.1 Å². The maximum absolute atomic E-state index is 13.2. The highest BCUT2D eigenvalue weighted by molar-refractivity contribution is 7.80. The predicted octanol–water partition coefficient (Wildman–Crippen LogP) is 3.41. The monoisotopic (exact) mass is 433 g/mol. The summed E-state index contributed by atoms with van der Waals surface area (Å²) in [7, 11) is 0. The van der Waals surface area contributed by atoms with E-state index in [9.17, 15) is 14.7 Å². The molecule has 1 aliphatic heterocycles. The molecule has 156 valence electrons. The van der Waals surface area contributed by atoms with Crippen LogP contribution in [0.15, 0.2) is 72.4 Å². The molecule has 0 aliphatic carbocycles. The Bertz CT molecular complexity index is 1180. The van der Waals surface area contributed by atoms with E-state index >= 15 is 0 Å². The standard InChI is InChI=1S/C23H19N3O4S/c1-2-30-19-11-7-16(8-12-19)26-22(29)20(21(28)24-23(26)31)14-17-4-3-13-25(17)15-5-9-18(27)10-6-15/h3-14,27H,2H2,1H3,(H,24,28,31)/b20-14-. The van der Waals surface area contributed by atoms with Crippen molar-refractivity contribution in [2.75, 3.05) is 11.5 Å². The number of hydrogen-bond acceptors (Lipinski definition) is 5. The largest absolute Gasteiger partial charge is 0.508 e. The molecule has 0 radical (unpaired) electrons. The topological polar surface area (TPSA) is 83.8 Å². The van der Waals surface area contributed by atoms with Crippen LogP contribution in [0.4, 0.5) is 5.69 Å². The number of thiocarbonyl (C=S) groups is 1. The van der Waals surface area contributed by atoms with Gasteiger partial charge in [0.25, 0.3) is 11.8 Å². The molecule has 2 heterocycles. The SMILES string of the molecule is CCOc1ccc(N2C(=O)/C(=C\c3cccn3-c3ccc(O)cc3)C(=O)NC2=S)cc1. The summed E-state index contributed by atoms with van der Waals surface area (Å²) in [5, 5.41) is 12.1. The fourth-order valence-corrected chi connectivity index (χ4v) is 3.54. The molecule has 2 aromatic carbocycles. The van der Waals surface area contributed by atoms with Gasteiger partial charge in [-0.15, -0.1) is 0 Å². The number of phenolic OH excluding ortho intramolecular Hbond substituents is 1. The second kappa shape index (κ2) is 8.45. The molecule has 3 aromatic rings. The van der Waals surface area contributed by atoms with Gasteiger partial charge in [0.15, 0.2) is 5.11 Å². The molecule has 1 aliphatic rings. The smallest absolute Gasteiger partial charge is 0.270 e. The number of carbonyl (C=O) groups is 2. The van der Waals surface area contributed by atoms with Crippen LogP contribution in [-0.2, 0) is 9.59 Å². The number of nitrogens with one attached hydrogen (secondary N) is 1. The fraction of sp³-hybridized carbons (Fsp3) is 0.0870. The number of hydrogen-bond donors (Lipinski definition) is 2. The van der Waals surface area contributed by atoms with Crippen LogP contribution >= 0.6 is 12.2 Å². The minimum atomic E-state index is -0.560. The first-order valence-corrected chi connectivity index (χ1v) is 10.00. The van der Waals surface area contributed by atoms with E-state index in [-0.39, 0.29) is 16.4 Å². The summed E-state index contributed by atoms with van der Waals surface area (Å²) in [4.78, 5) is 27.1. The van der Waals surface area contributed by atoms with Crippen molar-refractivity contribution < 1.29 is 19.4 Å². The Hall–Kier alpha value is -3.91. The Kier molecular flexibility index (Phi) is 5.55. The van der Waals surface area contributed by atoms with Crippen molar-refractivity contribution in [1.82, 2.24) is 9.88 Å².